The Hall–Kier alpha value is -0.830. The van der Waals surface area contributed by atoms with Crippen molar-refractivity contribution < 1.29 is 36.6 Å². The van der Waals surface area contributed by atoms with E-state index in [1.807, 2.05) is 0 Å². The van der Waals surface area contributed by atoms with Crippen LogP contribution in [0.15, 0.2) is 0 Å². The molecule has 1 saturated heterocycles. The number of carboxylic acid groups (broad SMARTS) is 1. The smallest absolute Gasteiger partial charge is 0.414 e. The molecule has 0 spiro atoms. The molecule has 5 nitrogen and oxygen atoms in total. The summed E-state index contributed by atoms with van der Waals surface area (Å²) in [5.41, 5.74) is -2.03. The highest BCUT2D eigenvalue weighted by molar-refractivity contribution is 7.91. The molecular formula is C8H11F3O5S. The molecule has 0 aromatic heterocycles. The van der Waals surface area contributed by atoms with E-state index in [4.69, 9.17) is 10.2 Å². The summed E-state index contributed by atoms with van der Waals surface area (Å²) < 4.78 is 58.7. The third-order valence-corrected chi connectivity index (χ3v) is 4.62. The van der Waals surface area contributed by atoms with Crippen LogP contribution in [0.1, 0.15) is 12.8 Å². The Morgan fingerprint density at radius 2 is 1.94 bits per heavy atom. The lowest BCUT2D eigenvalue weighted by Gasteiger charge is -2.26. The van der Waals surface area contributed by atoms with Crippen LogP contribution in [0.5, 0.6) is 0 Å². The molecule has 2 unspecified atom stereocenters. The molecule has 0 aliphatic carbocycles. The summed E-state index contributed by atoms with van der Waals surface area (Å²) in [5.74, 6) is -2.95. The van der Waals surface area contributed by atoms with Gasteiger partial charge < -0.3 is 10.2 Å². The lowest BCUT2D eigenvalue weighted by atomic mass is 9.82. The van der Waals surface area contributed by atoms with E-state index in [-0.39, 0.29) is 0 Å². The molecule has 2 N–H and O–H groups in total. The number of alkyl halides is 3. The molecular weight excluding hydrogens is 265 g/mol. The fourth-order valence-electron chi connectivity index (χ4n) is 1.82. The van der Waals surface area contributed by atoms with Crippen molar-refractivity contribution in [2.24, 2.45) is 5.41 Å². The van der Waals surface area contributed by atoms with Gasteiger partial charge in [-0.3, -0.25) is 4.79 Å². The summed E-state index contributed by atoms with van der Waals surface area (Å²) in [4.78, 5) is 10.9. The molecule has 1 aliphatic rings. The van der Waals surface area contributed by atoms with E-state index in [9.17, 15) is 26.4 Å². The third-order valence-electron chi connectivity index (χ3n) is 2.80. The van der Waals surface area contributed by atoms with Crippen LogP contribution < -0.4 is 0 Å². The summed E-state index contributed by atoms with van der Waals surface area (Å²) >= 11 is 0. The molecule has 1 rings (SSSR count). The first kappa shape index (κ1) is 14.2. The first-order valence-electron chi connectivity index (χ1n) is 4.67. The van der Waals surface area contributed by atoms with E-state index >= 15 is 0 Å². The van der Waals surface area contributed by atoms with Gasteiger partial charge in [-0.25, -0.2) is 8.42 Å². The molecule has 0 amide bonds. The predicted molar refractivity (Wildman–Crippen MR) is 50.0 cm³/mol. The SMILES string of the molecule is O=C(O)C1(CC(O)C(F)(F)F)CCS(=O)(=O)C1. The van der Waals surface area contributed by atoms with Crippen LogP contribution in [-0.4, -0.2) is 48.4 Å². The zero-order valence-corrected chi connectivity index (χ0v) is 9.38. The Bertz CT molecular complexity index is 415. The van der Waals surface area contributed by atoms with Gasteiger partial charge in [0.15, 0.2) is 15.9 Å². The normalized spacial score (nSPS) is 30.1. The van der Waals surface area contributed by atoms with Crippen molar-refractivity contribution in [3.63, 3.8) is 0 Å². The predicted octanol–water partition coefficient (Wildman–Crippen LogP) is 0.189. The van der Waals surface area contributed by atoms with E-state index < -0.39 is 57.8 Å². The average Bonchev–Trinajstić information content (AvgIpc) is 2.41. The van der Waals surface area contributed by atoms with E-state index in [0.29, 0.717) is 0 Å². The number of hydrogen-bond donors (Lipinski definition) is 2. The molecule has 1 fully saturated rings. The second kappa shape index (κ2) is 4.13. The maximum atomic E-state index is 12.1. The molecule has 0 aromatic carbocycles. The van der Waals surface area contributed by atoms with Gasteiger partial charge >= 0.3 is 12.1 Å². The standard InChI is InChI=1S/C8H11F3O5S/c9-8(10,11)5(12)3-7(6(13)14)1-2-17(15,16)4-7/h5,12H,1-4H2,(H,13,14). The van der Waals surface area contributed by atoms with E-state index in [2.05, 4.69) is 0 Å². The van der Waals surface area contributed by atoms with Crippen molar-refractivity contribution in [1.82, 2.24) is 0 Å². The van der Waals surface area contributed by atoms with Crippen molar-refractivity contribution in [2.45, 2.75) is 25.1 Å². The largest absolute Gasteiger partial charge is 0.481 e. The van der Waals surface area contributed by atoms with Crippen molar-refractivity contribution in [1.29, 1.82) is 0 Å². The van der Waals surface area contributed by atoms with Crippen LogP contribution in [0.2, 0.25) is 0 Å². The molecule has 0 aromatic rings. The van der Waals surface area contributed by atoms with Crippen molar-refractivity contribution in [3.05, 3.63) is 0 Å². The van der Waals surface area contributed by atoms with Crippen LogP contribution in [0, 0.1) is 5.41 Å². The summed E-state index contributed by atoms with van der Waals surface area (Å²) in [6, 6.07) is 0. The highest BCUT2D eigenvalue weighted by Gasteiger charge is 2.53. The highest BCUT2D eigenvalue weighted by Crippen LogP contribution is 2.40. The zero-order chi connectivity index (χ0) is 13.5. The summed E-state index contributed by atoms with van der Waals surface area (Å²) in [6.45, 7) is 0. The molecule has 2 atom stereocenters. The second-order valence-electron chi connectivity index (χ2n) is 4.19. The minimum Gasteiger partial charge on any atom is -0.481 e. The van der Waals surface area contributed by atoms with Gasteiger partial charge in [-0.05, 0) is 12.8 Å². The van der Waals surface area contributed by atoms with Crippen LogP contribution in [0.25, 0.3) is 0 Å². The molecule has 1 aliphatic heterocycles. The van der Waals surface area contributed by atoms with E-state index in [0.717, 1.165) is 0 Å². The van der Waals surface area contributed by atoms with Crippen molar-refractivity contribution in [3.8, 4) is 0 Å². The third kappa shape index (κ3) is 3.09. The topological polar surface area (TPSA) is 91.7 Å². The van der Waals surface area contributed by atoms with Gasteiger partial charge in [0, 0.05) is 0 Å². The maximum absolute atomic E-state index is 12.1. The second-order valence-corrected chi connectivity index (χ2v) is 6.37. The van der Waals surface area contributed by atoms with Gasteiger partial charge in [0.1, 0.15) is 0 Å². The summed E-state index contributed by atoms with van der Waals surface area (Å²) in [5, 5.41) is 17.7. The molecule has 0 radical (unpaired) electrons. The van der Waals surface area contributed by atoms with Gasteiger partial charge in [-0.1, -0.05) is 0 Å². The van der Waals surface area contributed by atoms with Crippen LogP contribution in [0.3, 0.4) is 0 Å². The number of aliphatic carboxylic acids is 1. The summed E-state index contributed by atoms with van der Waals surface area (Å²) in [6.07, 6.45) is -9.32. The Morgan fingerprint density at radius 3 is 2.24 bits per heavy atom. The van der Waals surface area contributed by atoms with Gasteiger partial charge in [0.2, 0.25) is 0 Å². The fraction of sp³-hybridized carbons (Fsp3) is 0.875. The van der Waals surface area contributed by atoms with Crippen LogP contribution in [0.4, 0.5) is 13.2 Å². The number of carbonyl (C=O) groups is 1. The van der Waals surface area contributed by atoms with E-state index in [1.54, 1.807) is 0 Å². The number of aliphatic hydroxyl groups excluding tert-OH is 1. The van der Waals surface area contributed by atoms with Crippen molar-refractivity contribution in [2.75, 3.05) is 11.5 Å². The van der Waals surface area contributed by atoms with Crippen LogP contribution in [-0.2, 0) is 14.6 Å². The van der Waals surface area contributed by atoms with Gasteiger partial charge in [0.05, 0.1) is 16.9 Å². The number of halogens is 3. The molecule has 17 heavy (non-hydrogen) atoms. The number of carboxylic acids is 1. The quantitative estimate of drug-likeness (QED) is 0.767. The number of aliphatic hydroxyl groups is 1. The zero-order valence-electron chi connectivity index (χ0n) is 8.57. The number of sulfone groups is 1. The van der Waals surface area contributed by atoms with Gasteiger partial charge in [-0.15, -0.1) is 0 Å². The van der Waals surface area contributed by atoms with Crippen molar-refractivity contribution >= 4 is 15.8 Å². The lowest BCUT2D eigenvalue weighted by molar-refractivity contribution is -0.213. The molecule has 9 heteroatoms. The Balaban J connectivity index is 2.94. The summed E-state index contributed by atoms with van der Waals surface area (Å²) in [7, 11) is -3.65. The minimum absolute atomic E-state index is 0.405. The Labute approximate surface area is 95.2 Å². The lowest BCUT2D eigenvalue weighted by Crippen LogP contribution is -2.41. The number of rotatable bonds is 3. The Kier molecular flexibility index (Phi) is 3.45. The average molecular weight is 276 g/mol. The molecule has 1 heterocycles. The highest BCUT2D eigenvalue weighted by atomic mass is 32.2. The molecule has 0 bridgehead atoms. The van der Waals surface area contributed by atoms with Crippen LogP contribution >= 0.6 is 0 Å². The number of hydrogen-bond acceptors (Lipinski definition) is 4. The van der Waals surface area contributed by atoms with Gasteiger partial charge in [-0.2, -0.15) is 13.2 Å². The van der Waals surface area contributed by atoms with E-state index in [1.165, 1.54) is 0 Å². The van der Waals surface area contributed by atoms with Gasteiger partial charge in [0.25, 0.3) is 0 Å². The minimum atomic E-state index is -4.95. The fourth-order valence-corrected chi connectivity index (χ4v) is 3.89. The monoisotopic (exact) mass is 276 g/mol. The Morgan fingerprint density at radius 1 is 1.41 bits per heavy atom. The molecule has 100 valence electrons. The first-order valence-corrected chi connectivity index (χ1v) is 6.49. The molecule has 0 saturated carbocycles. The first-order chi connectivity index (χ1) is 7.49. The maximum Gasteiger partial charge on any atom is 0.414 e.